The molecular weight excluding hydrogens is 404 g/mol. The van der Waals surface area contributed by atoms with Crippen LogP contribution < -0.4 is 19.7 Å². The van der Waals surface area contributed by atoms with Gasteiger partial charge in [-0.05, 0) is 60.9 Å². The van der Waals surface area contributed by atoms with Crippen molar-refractivity contribution in [2.45, 2.75) is 26.7 Å². The van der Waals surface area contributed by atoms with Crippen LogP contribution in [0.2, 0.25) is 0 Å². The van der Waals surface area contributed by atoms with E-state index in [2.05, 4.69) is 19.2 Å². The summed E-state index contributed by atoms with van der Waals surface area (Å²) >= 11 is 0. The van der Waals surface area contributed by atoms with Crippen LogP contribution in [0.25, 0.3) is 0 Å². The van der Waals surface area contributed by atoms with Crippen molar-refractivity contribution in [2.75, 3.05) is 23.4 Å². The van der Waals surface area contributed by atoms with Crippen molar-refractivity contribution in [2.24, 2.45) is 0 Å². The molecule has 164 valence electrons. The highest BCUT2D eigenvalue weighted by Crippen LogP contribution is 2.39. The number of ether oxygens (including phenoxy) is 2. The predicted molar refractivity (Wildman–Crippen MR) is 125 cm³/mol. The van der Waals surface area contributed by atoms with Gasteiger partial charge in [-0.3, -0.25) is 9.59 Å². The van der Waals surface area contributed by atoms with Gasteiger partial charge < -0.3 is 19.7 Å². The Bertz CT molecular complexity index is 1140. The van der Waals surface area contributed by atoms with E-state index in [1.54, 1.807) is 23.1 Å². The maximum atomic E-state index is 13.2. The van der Waals surface area contributed by atoms with E-state index >= 15 is 0 Å². The van der Waals surface area contributed by atoms with Crippen molar-refractivity contribution in [3.63, 3.8) is 0 Å². The Morgan fingerprint density at radius 3 is 2.50 bits per heavy atom. The molecule has 32 heavy (non-hydrogen) atoms. The molecular formula is C26H26N2O4. The van der Waals surface area contributed by atoms with Crippen molar-refractivity contribution in [3.05, 3.63) is 77.9 Å². The predicted octanol–water partition coefficient (Wildman–Crippen LogP) is 5.60. The quantitative estimate of drug-likeness (QED) is 0.553. The van der Waals surface area contributed by atoms with Gasteiger partial charge in [-0.2, -0.15) is 0 Å². The van der Waals surface area contributed by atoms with E-state index in [9.17, 15) is 9.59 Å². The van der Waals surface area contributed by atoms with Gasteiger partial charge in [0.25, 0.3) is 11.8 Å². The first kappa shape index (κ1) is 21.4. The number of hydrogen-bond acceptors (Lipinski definition) is 4. The number of anilines is 2. The number of hydrogen-bond donors (Lipinski definition) is 1. The lowest BCUT2D eigenvalue weighted by molar-refractivity contribution is -0.118. The summed E-state index contributed by atoms with van der Waals surface area (Å²) < 4.78 is 11.6. The molecule has 0 radical (unpaired) electrons. The lowest BCUT2D eigenvalue weighted by Crippen LogP contribution is -2.30. The molecule has 0 atom stereocenters. The Labute approximate surface area is 187 Å². The second kappa shape index (κ2) is 9.14. The first-order valence-corrected chi connectivity index (χ1v) is 10.7. The molecule has 0 bridgehead atoms. The molecule has 4 rings (SSSR count). The molecule has 0 unspecified atom stereocenters. The van der Waals surface area contributed by atoms with Crippen LogP contribution in [0.1, 0.15) is 42.6 Å². The highest BCUT2D eigenvalue weighted by molar-refractivity contribution is 6.10. The number of fused-ring (bicyclic) bond motifs is 2. The highest BCUT2D eigenvalue weighted by atomic mass is 16.5. The standard InChI is InChI=1S/C26H26N2O4/c1-4-28-22-7-5-6-8-24(22)32-23-14-11-19(15-21(23)26(28)30)27-25(29)16-31-20-12-9-18(10-13-20)17(2)3/h5-15,17H,4,16H2,1-3H3,(H,27,29). The Hall–Kier alpha value is -3.80. The van der Waals surface area contributed by atoms with Crippen molar-refractivity contribution < 1.29 is 19.1 Å². The first-order valence-electron chi connectivity index (χ1n) is 10.7. The van der Waals surface area contributed by atoms with E-state index in [1.165, 1.54) is 5.56 Å². The fourth-order valence-corrected chi connectivity index (χ4v) is 3.61. The molecule has 0 saturated heterocycles. The summed E-state index contributed by atoms with van der Waals surface area (Å²) in [7, 11) is 0. The van der Waals surface area contributed by atoms with Crippen LogP contribution in [0.5, 0.6) is 17.2 Å². The topological polar surface area (TPSA) is 67.9 Å². The van der Waals surface area contributed by atoms with E-state index in [4.69, 9.17) is 9.47 Å². The van der Waals surface area contributed by atoms with Crippen molar-refractivity contribution in [1.29, 1.82) is 0 Å². The number of benzene rings is 3. The Balaban J connectivity index is 1.46. The zero-order chi connectivity index (χ0) is 22.7. The zero-order valence-electron chi connectivity index (χ0n) is 18.4. The number of para-hydroxylation sites is 2. The van der Waals surface area contributed by atoms with Crippen molar-refractivity contribution in [3.8, 4) is 17.2 Å². The summed E-state index contributed by atoms with van der Waals surface area (Å²) in [5.74, 6) is 1.66. The average molecular weight is 431 g/mol. The average Bonchev–Trinajstić information content (AvgIpc) is 2.91. The van der Waals surface area contributed by atoms with Gasteiger partial charge >= 0.3 is 0 Å². The summed E-state index contributed by atoms with van der Waals surface area (Å²) in [6.45, 7) is 6.53. The first-order chi connectivity index (χ1) is 15.5. The molecule has 6 heteroatoms. The van der Waals surface area contributed by atoms with Gasteiger partial charge in [0.2, 0.25) is 0 Å². The van der Waals surface area contributed by atoms with Crippen LogP contribution in [0.15, 0.2) is 66.7 Å². The third-order valence-electron chi connectivity index (χ3n) is 5.35. The number of amides is 2. The van der Waals surface area contributed by atoms with E-state index in [1.807, 2.05) is 55.5 Å². The van der Waals surface area contributed by atoms with Crippen molar-refractivity contribution >= 4 is 23.2 Å². The summed E-state index contributed by atoms with van der Waals surface area (Å²) in [5, 5.41) is 2.80. The Morgan fingerprint density at radius 2 is 1.78 bits per heavy atom. The van der Waals surface area contributed by atoms with Crippen LogP contribution in [0.3, 0.4) is 0 Å². The van der Waals surface area contributed by atoms with Gasteiger partial charge in [-0.25, -0.2) is 0 Å². The van der Waals surface area contributed by atoms with Crippen LogP contribution in [-0.4, -0.2) is 25.0 Å². The molecule has 0 saturated carbocycles. The summed E-state index contributed by atoms with van der Waals surface area (Å²) in [6, 6.07) is 20.2. The fourth-order valence-electron chi connectivity index (χ4n) is 3.61. The highest BCUT2D eigenvalue weighted by Gasteiger charge is 2.27. The maximum Gasteiger partial charge on any atom is 0.262 e. The van der Waals surface area contributed by atoms with Crippen LogP contribution >= 0.6 is 0 Å². The molecule has 0 aliphatic carbocycles. The van der Waals surface area contributed by atoms with Gasteiger partial charge in [-0.15, -0.1) is 0 Å². The van der Waals surface area contributed by atoms with Gasteiger partial charge in [0, 0.05) is 12.2 Å². The minimum atomic E-state index is -0.310. The number of nitrogens with one attached hydrogen (secondary N) is 1. The van der Waals surface area contributed by atoms with E-state index in [0.29, 0.717) is 41.0 Å². The molecule has 1 aliphatic heterocycles. The largest absolute Gasteiger partial charge is 0.484 e. The summed E-state index contributed by atoms with van der Waals surface area (Å²) in [4.78, 5) is 27.2. The molecule has 3 aromatic carbocycles. The lowest BCUT2D eigenvalue weighted by atomic mass is 10.0. The summed E-state index contributed by atoms with van der Waals surface area (Å²) in [5.41, 5.74) is 2.83. The lowest BCUT2D eigenvalue weighted by Gasteiger charge is -2.19. The number of rotatable bonds is 6. The minimum Gasteiger partial charge on any atom is -0.484 e. The van der Waals surface area contributed by atoms with E-state index in [0.717, 1.165) is 5.69 Å². The van der Waals surface area contributed by atoms with Gasteiger partial charge in [0.15, 0.2) is 12.4 Å². The number of carbonyl (C=O) groups is 2. The Kier molecular flexibility index (Phi) is 6.12. The van der Waals surface area contributed by atoms with Gasteiger partial charge in [0.1, 0.15) is 11.5 Å². The Morgan fingerprint density at radius 1 is 1.03 bits per heavy atom. The number of nitrogens with zero attached hydrogens (tertiary/aromatic N) is 1. The second-order valence-corrected chi connectivity index (χ2v) is 7.89. The van der Waals surface area contributed by atoms with Crippen LogP contribution in [0.4, 0.5) is 11.4 Å². The molecule has 0 fully saturated rings. The molecule has 1 heterocycles. The van der Waals surface area contributed by atoms with E-state index < -0.39 is 0 Å². The molecule has 6 nitrogen and oxygen atoms in total. The fraction of sp³-hybridized carbons (Fsp3) is 0.231. The van der Waals surface area contributed by atoms with Gasteiger partial charge in [-0.1, -0.05) is 38.1 Å². The minimum absolute atomic E-state index is 0.130. The number of carbonyl (C=O) groups excluding carboxylic acids is 2. The molecule has 0 aromatic heterocycles. The summed E-state index contributed by atoms with van der Waals surface area (Å²) in [6.07, 6.45) is 0. The molecule has 1 N–H and O–H groups in total. The SMILES string of the molecule is CCN1C(=O)c2cc(NC(=O)COc3ccc(C(C)C)cc3)ccc2Oc2ccccc21. The van der Waals surface area contributed by atoms with Crippen LogP contribution in [0, 0.1) is 0 Å². The monoisotopic (exact) mass is 430 g/mol. The molecule has 0 spiro atoms. The van der Waals surface area contributed by atoms with Gasteiger partial charge in [0.05, 0.1) is 11.3 Å². The van der Waals surface area contributed by atoms with Crippen LogP contribution in [-0.2, 0) is 4.79 Å². The third kappa shape index (κ3) is 4.44. The molecule has 2 amide bonds. The second-order valence-electron chi connectivity index (χ2n) is 7.89. The third-order valence-corrected chi connectivity index (χ3v) is 5.35. The smallest absolute Gasteiger partial charge is 0.262 e. The molecule has 3 aromatic rings. The van der Waals surface area contributed by atoms with E-state index in [-0.39, 0.29) is 18.4 Å². The maximum absolute atomic E-state index is 13.2. The van der Waals surface area contributed by atoms with Crippen molar-refractivity contribution in [1.82, 2.24) is 0 Å². The molecule has 1 aliphatic rings. The normalized spacial score (nSPS) is 12.5. The zero-order valence-corrected chi connectivity index (χ0v) is 18.4.